The van der Waals surface area contributed by atoms with E-state index in [2.05, 4.69) is 5.32 Å². The van der Waals surface area contributed by atoms with E-state index < -0.39 is 0 Å². The van der Waals surface area contributed by atoms with Crippen LogP contribution in [-0.2, 0) is 16.1 Å². The normalized spacial score (nSPS) is 16.1. The highest BCUT2D eigenvalue weighted by Gasteiger charge is 2.12. The van der Waals surface area contributed by atoms with Crippen molar-refractivity contribution in [3.63, 3.8) is 0 Å². The smallest absolute Gasteiger partial charge is 0.338 e. The third kappa shape index (κ3) is 4.62. The molecule has 1 heterocycles. The summed E-state index contributed by atoms with van der Waals surface area (Å²) >= 11 is 0. The molecule has 0 atom stereocenters. The number of benzene rings is 1. The Morgan fingerprint density at radius 1 is 1.25 bits per heavy atom. The van der Waals surface area contributed by atoms with E-state index in [1.807, 2.05) is 12.1 Å². The maximum absolute atomic E-state index is 11.5. The molecule has 1 aromatic carbocycles. The number of rotatable bonds is 6. The molecule has 1 aliphatic heterocycles. The van der Waals surface area contributed by atoms with Gasteiger partial charge in [-0.3, -0.25) is 0 Å². The van der Waals surface area contributed by atoms with Crippen LogP contribution in [0.15, 0.2) is 24.3 Å². The highest BCUT2D eigenvalue weighted by molar-refractivity contribution is 5.89. The predicted molar refractivity (Wildman–Crippen MR) is 77.6 cm³/mol. The first-order valence-corrected chi connectivity index (χ1v) is 7.34. The predicted octanol–water partition coefficient (Wildman–Crippen LogP) is 2.38. The minimum atomic E-state index is -0.269. The van der Waals surface area contributed by atoms with Crippen LogP contribution in [0.1, 0.15) is 35.7 Å². The first kappa shape index (κ1) is 15.0. The van der Waals surface area contributed by atoms with Gasteiger partial charge in [0.05, 0.1) is 18.8 Å². The summed E-state index contributed by atoms with van der Waals surface area (Å²) in [5.74, 6) is 0.407. The standard InChI is InChI=1S/C16H23NO3/c1-2-20-16(18)15-5-3-13(4-6-15)11-19-12-14-7-9-17-10-8-14/h3-6,14,17H,2,7-12H2,1H3. The minimum Gasteiger partial charge on any atom is -0.462 e. The monoisotopic (exact) mass is 277 g/mol. The maximum atomic E-state index is 11.5. The fourth-order valence-corrected chi connectivity index (χ4v) is 2.34. The van der Waals surface area contributed by atoms with E-state index in [4.69, 9.17) is 9.47 Å². The Morgan fingerprint density at radius 3 is 2.60 bits per heavy atom. The van der Waals surface area contributed by atoms with E-state index in [9.17, 15) is 4.79 Å². The summed E-state index contributed by atoms with van der Waals surface area (Å²) in [5.41, 5.74) is 1.68. The highest BCUT2D eigenvalue weighted by Crippen LogP contribution is 2.13. The van der Waals surface area contributed by atoms with E-state index in [1.54, 1.807) is 19.1 Å². The summed E-state index contributed by atoms with van der Waals surface area (Å²) in [7, 11) is 0. The van der Waals surface area contributed by atoms with E-state index in [-0.39, 0.29) is 5.97 Å². The summed E-state index contributed by atoms with van der Waals surface area (Å²) in [6.07, 6.45) is 2.39. The zero-order valence-electron chi connectivity index (χ0n) is 12.1. The molecule has 20 heavy (non-hydrogen) atoms. The van der Waals surface area contributed by atoms with Gasteiger partial charge < -0.3 is 14.8 Å². The van der Waals surface area contributed by atoms with Gasteiger partial charge in [0.2, 0.25) is 0 Å². The average Bonchev–Trinajstić information content (AvgIpc) is 2.49. The van der Waals surface area contributed by atoms with E-state index in [1.165, 1.54) is 12.8 Å². The average molecular weight is 277 g/mol. The first-order valence-electron chi connectivity index (χ1n) is 7.34. The molecule has 0 amide bonds. The van der Waals surface area contributed by atoms with Gasteiger partial charge in [-0.2, -0.15) is 0 Å². The molecule has 110 valence electrons. The molecule has 4 heteroatoms. The van der Waals surface area contributed by atoms with Crippen molar-refractivity contribution in [1.29, 1.82) is 0 Å². The summed E-state index contributed by atoms with van der Waals surface area (Å²) in [4.78, 5) is 11.5. The molecule has 0 aliphatic carbocycles. The van der Waals surface area contributed by atoms with Gasteiger partial charge in [-0.05, 0) is 56.5 Å². The van der Waals surface area contributed by atoms with E-state index in [0.29, 0.717) is 24.7 Å². The van der Waals surface area contributed by atoms with Crippen LogP contribution in [-0.4, -0.2) is 32.3 Å². The second-order valence-electron chi connectivity index (χ2n) is 5.13. The molecule has 4 nitrogen and oxygen atoms in total. The van der Waals surface area contributed by atoms with Crippen LogP contribution in [0.25, 0.3) is 0 Å². The Morgan fingerprint density at radius 2 is 1.95 bits per heavy atom. The van der Waals surface area contributed by atoms with E-state index >= 15 is 0 Å². The number of nitrogens with one attached hydrogen (secondary N) is 1. The van der Waals surface area contributed by atoms with Crippen LogP contribution >= 0.6 is 0 Å². The molecule has 1 fully saturated rings. The number of ether oxygens (including phenoxy) is 2. The van der Waals surface area contributed by atoms with Gasteiger partial charge >= 0.3 is 5.97 Å². The topological polar surface area (TPSA) is 47.6 Å². The molecule has 0 aromatic heterocycles. The lowest BCUT2D eigenvalue weighted by molar-refractivity contribution is 0.0526. The van der Waals surface area contributed by atoms with Crippen molar-refractivity contribution in [2.24, 2.45) is 5.92 Å². The van der Waals surface area contributed by atoms with Gasteiger partial charge in [0.1, 0.15) is 0 Å². The Kier molecular flexibility index (Phi) is 6.02. The highest BCUT2D eigenvalue weighted by atomic mass is 16.5. The molecule has 0 saturated carbocycles. The lowest BCUT2D eigenvalue weighted by Crippen LogP contribution is -2.29. The van der Waals surface area contributed by atoms with Crippen molar-refractivity contribution in [1.82, 2.24) is 5.32 Å². The molecule has 0 spiro atoms. The molecule has 1 saturated heterocycles. The third-order valence-electron chi connectivity index (χ3n) is 3.55. The number of carbonyl (C=O) groups is 1. The maximum Gasteiger partial charge on any atom is 0.338 e. The van der Waals surface area contributed by atoms with Crippen molar-refractivity contribution >= 4 is 5.97 Å². The third-order valence-corrected chi connectivity index (χ3v) is 3.55. The number of hydrogen-bond donors (Lipinski definition) is 1. The van der Waals surface area contributed by atoms with Crippen molar-refractivity contribution < 1.29 is 14.3 Å². The van der Waals surface area contributed by atoms with Gasteiger partial charge in [0.15, 0.2) is 0 Å². The Balaban J connectivity index is 1.74. The van der Waals surface area contributed by atoms with Crippen molar-refractivity contribution in [2.75, 3.05) is 26.3 Å². The molecule has 0 bridgehead atoms. The fraction of sp³-hybridized carbons (Fsp3) is 0.562. The van der Waals surface area contributed by atoms with Crippen LogP contribution < -0.4 is 5.32 Å². The molecular weight excluding hydrogens is 254 g/mol. The Bertz CT molecular complexity index is 410. The number of carbonyl (C=O) groups excluding carboxylic acids is 1. The SMILES string of the molecule is CCOC(=O)c1ccc(COCC2CCNCC2)cc1. The lowest BCUT2D eigenvalue weighted by Gasteiger charge is -2.22. The zero-order valence-corrected chi connectivity index (χ0v) is 12.1. The minimum absolute atomic E-state index is 0.269. The van der Waals surface area contributed by atoms with Gasteiger partial charge in [0.25, 0.3) is 0 Å². The van der Waals surface area contributed by atoms with Gasteiger partial charge in [-0.1, -0.05) is 12.1 Å². The van der Waals surface area contributed by atoms with Gasteiger partial charge in [-0.15, -0.1) is 0 Å². The van der Waals surface area contributed by atoms with Crippen molar-refractivity contribution in [3.05, 3.63) is 35.4 Å². The van der Waals surface area contributed by atoms with Gasteiger partial charge in [-0.25, -0.2) is 4.79 Å². The Labute approximate surface area is 120 Å². The molecule has 1 aliphatic rings. The molecule has 1 N–H and O–H groups in total. The van der Waals surface area contributed by atoms with Crippen LogP contribution in [0.3, 0.4) is 0 Å². The largest absolute Gasteiger partial charge is 0.462 e. The molecule has 0 radical (unpaired) electrons. The summed E-state index contributed by atoms with van der Waals surface area (Å²) in [6.45, 7) is 5.83. The first-order chi connectivity index (χ1) is 9.79. The van der Waals surface area contributed by atoms with Crippen molar-refractivity contribution in [2.45, 2.75) is 26.4 Å². The van der Waals surface area contributed by atoms with Crippen LogP contribution in [0.5, 0.6) is 0 Å². The number of esters is 1. The molecule has 2 rings (SSSR count). The number of hydrogen-bond acceptors (Lipinski definition) is 4. The van der Waals surface area contributed by atoms with Crippen molar-refractivity contribution in [3.8, 4) is 0 Å². The Hall–Kier alpha value is -1.39. The van der Waals surface area contributed by atoms with Gasteiger partial charge in [0, 0.05) is 6.61 Å². The van der Waals surface area contributed by atoms with Crippen LogP contribution in [0.4, 0.5) is 0 Å². The van der Waals surface area contributed by atoms with E-state index in [0.717, 1.165) is 25.3 Å². The second-order valence-corrected chi connectivity index (χ2v) is 5.13. The summed E-state index contributed by atoms with van der Waals surface area (Å²) < 4.78 is 10.7. The number of piperidine rings is 1. The quantitative estimate of drug-likeness (QED) is 0.811. The fourth-order valence-electron chi connectivity index (χ4n) is 2.34. The van der Waals surface area contributed by atoms with Crippen LogP contribution in [0.2, 0.25) is 0 Å². The molecule has 1 aromatic rings. The second kappa shape index (κ2) is 8.02. The van der Waals surface area contributed by atoms with Crippen LogP contribution in [0, 0.1) is 5.92 Å². The summed E-state index contributed by atoms with van der Waals surface area (Å²) in [6, 6.07) is 7.44. The summed E-state index contributed by atoms with van der Waals surface area (Å²) in [5, 5.41) is 3.35. The zero-order chi connectivity index (χ0) is 14.2. The molecule has 0 unspecified atom stereocenters. The lowest BCUT2D eigenvalue weighted by atomic mass is 9.99. The molecular formula is C16H23NO3.